The molecular weight excluding hydrogens is 718 g/mol. The third kappa shape index (κ3) is 11.7. The van der Waals surface area contributed by atoms with E-state index in [9.17, 15) is 33.0 Å². The van der Waals surface area contributed by atoms with Gasteiger partial charge in [-0.2, -0.15) is 0 Å². The van der Waals surface area contributed by atoms with Crippen molar-refractivity contribution in [3.05, 3.63) is 110 Å². The number of pyridine rings is 1. The van der Waals surface area contributed by atoms with Gasteiger partial charge in [0.1, 0.15) is 29.1 Å². The average molecular weight is 761 g/mol. The molecule has 0 aliphatic heterocycles. The minimum absolute atomic E-state index is 0.0103. The molecule has 1 aromatic heterocycles. The van der Waals surface area contributed by atoms with Crippen LogP contribution in [-0.4, -0.2) is 77.4 Å². The molecule has 1 fully saturated rings. The zero-order valence-corrected chi connectivity index (χ0v) is 30.9. The number of Topliss-reactive ketones (excluding diaryl/α,β-unsaturated/α-hetero) is 1. The van der Waals surface area contributed by atoms with Crippen molar-refractivity contribution in [2.45, 2.75) is 94.8 Å². The van der Waals surface area contributed by atoms with E-state index in [1.807, 2.05) is 0 Å². The Bertz CT molecular complexity index is 1880. The Morgan fingerprint density at radius 2 is 1.83 bits per heavy atom. The van der Waals surface area contributed by atoms with Gasteiger partial charge in [-0.3, -0.25) is 9.78 Å². The summed E-state index contributed by atoms with van der Waals surface area (Å²) in [5.41, 5.74) is 9.80. The minimum Gasteiger partial charge on any atom is -0.444 e. The second-order valence-electron chi connectivity index (χ2n) is 14.0. The number of amides is 1. The van der Waals surface area contributed by atoms with Crippen molar-refractivity contribution in [1.82, 2.24) is 14.6 Å². The van der Waals surface area contributed by atoms with E-state index in [0.29, 0.717) is 29.0 Å². The van der Waals surface area contributed by atoms with E-state index in [-0.39, 0.29) is 37.1 Å². The van der Waals surface area contributed by atoms with E-state index in [4.69, 9.17) is 16.3 Å². The lowest BCUT2D eigenvalue weighted by Crippen LogP contribution is -2.49. The van der Waals surface area contributed by atoms with Crippen molar-refractivity contribution >= 4 is 33.5 Å². The van der Waals surface area contributed by atoms with Crippen LogP contribution < -0.4 is 4.72 Å². The molecule has 1 aliphatic rings. The number of ketones is 1. The highest BCUT2D eigenvalue weighted by Crippen LogP contribution is 2.33. The Labute approximate surface area is 307 Å². The molecule has 1 heterocycles. The number of carbonyl (C=O) groups excluding carboxylic acids is 2. The van der Waals surface area contributed by atoms with Crippen LogP contribution in [0.5, 0.6) is 0 Å². The number of carbonyl (C=O) groups is 2. The Morgan fingerprint density at radius 3 is 2.42 bits per heavy atom. The monoisotopic (exact) mass is 760 g/mol. The smallest absolute Gasteiger partial charge is 0.410 e. The lowest BCUT2D eigenvalue weighted by molar-refractivity contribution is -0.119. The van der Waals surface area contributed by atoms with E-state index >= 15 is 4.39 Å². The van der Waals surface area contributed by atoms with Crippen LogP contribution >= 0.6 is 11.6 Å². The summed E-state index contributed by atoms with van der Waals surface area (Å²) in [6.45, 7) is 6.16. The topological polar surface area (TPSA) is 175 Å². The van der Waals surface area contributed by atoms with Gasteiger partial charge in [-0.25, -0.2) is 26.7 Å². The average Bonchev–Trinajstić information content (AvgIpc) is 3.90. The lowest BCUT2D eigenvalue weighted by Gasteiger charge is -2.31. The molecule has 12 nitrogen and oxygen atoms in total. The molecule has 1 amide bonds. The summed E-state index contributed by atoms with van der Waals surface area (Å²) in [7, 11) is -3.78. The molecule has 0 radical (unpaired) electrons. The molecule has 0 unspecified atom stereocenters. The fourth-order valence-corrected chi connectivity index (χ4v) is 7.61. The second-order valence-corrected chi connectivity index (χ2v) is 16.4. The van der Waals surface area contributed by atoms with Crippen LogP contribution in [0.25, 0.3) is 10.4 Å². The zero-order valence-electron chi connectivity index (χ0n) is 29.4. The van der Waals surface area contributed by atoms with Gasteiger partial charge >= 0.3 is 6.09 Å². The number of hydrogen-bond donors (Lipinski definition) is 2. The standard InChI is InChI=1S/C36H43ClF2N6O6S/c1-22(46)20-45(35(48)51-36(2,3)4)21-28(43-52(49,50)29-13-14-29)12-15-30-25(18-41-19-31(30)39)17-32(47)34(42-44-40)33(23-8-10-26(37)11-9-23)24-6-5-7-27(38)16-24/h5-11,16,18-19,22,28-29,33-34,43,46H,12-15,17,20-21H2,1-4H3/t22-,28+,33+,34-/m1/s1. The van der Waals surface area contributed by atoms with Crippen molar-refractivity contribution < 1.29 is 36.6 Å². The fourth-order valence-electron chi connectivity index (χ4n) is 5.87. The number of benzene rings is 2. The maximum absolute atomic E-state index is 15.5. The maximum atomic E-state index is 15.5. The van der Waals surface area contributed by atoms with E-state index < -0.39 is 74.9 Å². The molecule has 4 rings (SSSR count). The number of aliphatic hydroxyl groups is 1. The van der Waals surface area contributed by atoms with Crippen molar-refractivity contribution in [3.63, 3.8) is 0 Å². The molecule has 1 aliphatic carbocycles. The highest BCUT2D eigenvalue weighted by atomic mass is 35.5. The normalized spacial score (nSPS) is 15.5. The SMILES string of the molecule is C[C@@H](O)CN(C[C@H](CCc1c(F)cncc1CC(=O)[C@@H](N=[N+]=[N-])[C@@H](c1ccc(Cl)cc1)c1cccc(F)c1)NS(=O)(=O)C1CC1)C(=O)OC(C)(C)C. The number of halogens is 3. The van der Waals surface area contributed by atoms with Gasteiger partial charge in [-0.15, -0.1) is 0 Å². The summed E-state index contributed by atoms with van der Waals surface area (Å²) in [4.78, 5) is 35.2. The Kier molecular flexibility index (Phi) is 13.7. The van der Waals surface area contributed by atoms with Gasteiger partial charge in [-0.1, -0.05) is 41.0 Å². The molecule has 4 atom stereocenters. The van der Waals surface area contributed by atoms with E-state index in [1.54, 1.807) is 51.1 Å². The van der Waals surface area contributed by atoms with Crippen LogP contribution in [-0.2, 0) is 32.4 Å². The van der Waals surface area contributed by atoms with Gasteiger partial charge in [0, 0.05) is 47.6 Å². The highest BCUT2D eigenvalue weighted by molar-refractivity contribution is 7.90. The third-order valence-corrected chi connectivity index (χ3v) is 10.6. The first-order chi connectivity index (χ1) is 24.5. The molecular formula is C36H43ClF2N6O6S. The number of nitrogens with one attached hydrogen (secondary N) is 1. The van der Waals surface area contributed by atoms with Crippen LogP contribution in [0.1, 0.15) is 75.1 Å². The summed E-state index contributed by atoms with van der Waals surface area (Å²) < 4.78 is 64.3. The summed E-state index contributed by atoms with van der Waals surface area (Å²) in [6, 6.07) is 9.71. The number of azide groups is 1. The van der Waals surface area contributed by atoms with E-state index in [0.717, 1.165) is 6.20 Å². The van der Waals surface area contributed by atoms with Gasteiger partial charge in [-0.05, 0) is 105 Å². The van der Waals surface area contributed by atoms with Crippen LogP contribution in [0, 0.1) is 11.6 Å². The largest absolute Gasteiger partial charge is 0.444 e. The molecule has 280 valence electrons. The number of sulfonamides is 1. The molecule has 2 N–H and O–H groups in total. The number of rotatable bonds is 17. The van der Waals surface area contributed by atoms with Gasteiger partial charge in [0.05, 0.1) is 17.6 Å². The number of aliphatic hydroxyl groups excluding tert-OH is 1. The molecule has 0 saturated heterocycles. The zero-order chi connectivity index (χ0) is 38.2. The van der Waals surface area contributed by atoms with Gasteiger partial charge in [0.15, 0.2) is 0 Å². The molecule has 1 saturated carbocycles. The minimum atomic E-state index is -3.78. The molecule has 3 aromatic rings. The van der Waals surface area contributed by atoms with Crippen LogP contribution in [0.3, 0.4) is 0 Å². The molecule has 2 aromatic carbocycles. The molecule has 52 heavy (non-hydrogen) atoms. The first kappa shape index (κ1) is 40.6. The number of aromatic nitrogens is 1. The van der Waals surface area contributed by atoms with Gasteiger partial charge < -0.3 is 14.7 Å². The third-order valence-electron chi connectivity index (χ3n) is 8.33. The Balaban J connectivity index is 1.64. The molecule has 0 spiro atoms. The first-order valence-electron chi connectivity index (χ1n) is 16.8. The Hall–Kier alpha value is -4.14. The quantitative estimate of drug-likeness (QED) is 0.0881. The summed E-state index contributed by atoms with van der Waals surface area (Å²) in [6.07, 6.45) is 1.01. The van der Waals surface area contributed by atoms with E-state index in [2.05, 4.69) is 19.7 Å². The summed E-state index contributed by atoms with van der Waals surface area (Å²) in [5, 5.41) is 13.8. The van der Waals surface area contributed by atoms with Crippen LogP contribution in [0.2, 0.25) is 5.02 Å². The number of nitrogens with zero attached hydrogens (tertiary/aromatic N) is 5. The summed E-state index contributed by atoms with van der Waals surface area (Å²) >= 11 is 6.10. The highest BCUT2D eigenvalue weighted by Gasteiger charge is 2.38. The van der Waals surface area contributed by atoms with Crippen molar-refractivity contribution in [1.29, 1.82) is 0 Å². The Morgan fingerprint density at radius 1 is 1.13 bits per heavy atom. The lowest BCUT2D eigenvalue weighted by atomic mass is 9.82. The maximum Gasteiger partial charge on any atom is 0.410 e. The summed E-state index contributed by atoms with van der Waals surface area (Å²) in [5.74, 6) is -2.84. The molecule has 0 bridgehead atoms. The van der Waals surface area contributed by atoms with Crippen LogP contribution in [0.15, 0.2) is 66.0 Å². The van der Waals surface area contributed by atoms with Gasteiger partial charge in [0.25, 0.3) is 0 Å². The van der Waals surface area contributed by atoms with Crippen molar-refractivity contribution in [2.24, 2.45) is 5.11 Å². The fraction of sp³-hybridized carbons (Fsp3) is 0.472. The predicted molar refractivity (Wildman–Crippen MR) is 192 cm³/mol. The van der Waals surface area contributed by atoms with Gasteiger partial charge in [0.2, 0.25) is 10.0 Å². The second kappa shape index (κ2) is 17.6. The number of ether oxygens (including phenoxy) is 1. The number of hydrogen-bond acceptors (Lipinski definition) is 8. The van der Waals surface area contributed by atoms with E-state index in [1.165, 1.54) is 36.2 Å². The van der Waals surface area contributed by atoms with Crippen molar-refractivity contribution in [3.8, 4) is 0 Å². The molecule has 16 heteroatoms. The van der Waals surface area contributed by atoms with Crippen LogP contribution in [0.4, 0.5) is 13.6 Å². The first-order valence-corrected chi connectivity index (χ1v) is 18.8. The predicted octanol–water partition coefficient (Wildman–Crippen LogP) is 6.64. The van der Waals surface area contributed by atoms with Crippen molar-refractivity contribution in [2.75, 3.05) is 13.1 Å².